The van der Waals surface area contributed by atoms with Gasteiger partial charge >= 0.3 is 0 Å². The average molecular weight is 1060 g/mol. The van der Waals surface area contributed by atoms with Crippen molar-refractivity contribution < 1.29 is 89.4 Å². The topological polar surface area (TPSA) is 307 Å². The van der Waals surface area contributed by atoms with Gasteiger partial charge in [-0.2, -0.15) is 0 Å². The molecule has 0 aromatic carbocycles. The number of aliphatic hydroxyl groups is 11. The molecular formula is C55H93NO18. The number of amides is 1. The monoisotopic (exact) mass is 1060 g/mol. The number of hydrogen-bond donors (Lipinski definition) is 12. The lowest BCUT2D eigenvalue weighted by Crippen LogP contribution is -2.66. The Morgan fingerprint density at radius 2 is 0.932 bits per heavy atom. The number of nitrogens with one attached hydrogen (secondary N) is 1. The Morgan fingerprint density at radius 1 is 0.500 bits per heavy atom. The van der Waals surface area contributed by atoms with Crippen molar-refractivity contribution in [3.05, 3.63) is 72.9 Å². The molecule has 0 saturated carbocycles. The summed E-state index contributed by atoms with van der Waals surface area (Å²) in [6.45, 7) is 1.55. The third-order valence-corrected chi connectivity index (χ3v) is 13.3. The zero-order valence-corrected chi connectivity index (χ0v) is 43.8. The summed E-state index contributed by atoms with van der Waals surface area (Å²) in [7, 11) is 0. The van der Waals surface area contributed by atoms with E-state index in [0.29, 0.717) is 19.3 Å². The first-order valence-electron chi connectivity index (χ1n) is 27.2. The van der Waals surface area contributed by atoms with Crippen LogP contribution >= 0.6 is 0 Å². The fraction of sp³-hybridized carbons (Fsp3) is 0.764. The van der Waals surface area contributed by atoms with Crippen molar-refractivity contribution in [2.24, 2.45) is 0 Å². The van der Waals surface area contributed by atoms with Gasteiger partial charge in [-0.15, -0.1) is 0 Å². The molecule has 426 valence electrons. The van der Waals surface area contributed by atoms with Crippen molar-refractivity contribution in [2.75, 3.05) is 26.4 Å². The fourth-order valence-electron chi connectivity index (χ4n) is 8.78. The molecule has 3 saturated heterocycles. The first-order chi connectivity index (χ1) is 35.8. The Kier molecular flexibility index (Phi) is 34.3. The predicted molar refractivity (Wildman–Crippen MR) is 277 cm³/mol. The number of rotatable bonds is 37. The zero-order chi connectivity index (χ0) is 54.1. The van der Waals surface area contributed by atoms with E-state index >= 15 is 0 Å². The second-order valence-electron chi connectivity index (χ2n) is 19.3. The van der Waals surface area contributed by atoms with Crippen LogP contribution in [0.3, 0.4) is 0 Å². The average Bonchev–Trinajstić information content (AvgIpc) is 3.40. The highest BCUT2D eigenvalue weighted by Crippen LogP contribution is 2.33. The molecule has 0 bridgehead atoms. The number of allylic oxidation sites excluding steroid dienone is 12. The van der Waals surface area contributed by atoms with Crippen molar-refractivity contribution in [1.82, 2.24) is 5.32 Å². The highest BCUT2D eigenvalue weighted by Gasteiger charge is 2.53. The van der Waals surface area contributed by atoms with E-state index in [1.54, 1.807) is 0 Å². The summed E-state index contributed by atoms with van der Waals surface area (Å²) in [5.41, 5.74) is 0. The van der Waals surface area contributed by atoms with Crippen molar-refractivity contribution in [3.63, 3.8) is 0 Å². The molecule has 3 aliphatic rings. The van der Waals surface area contributed by atoms with Gasteiger partial charge in [-0.05, 0) is 64.2 Å². The van der Waals surface area contributed by atoms with Gasteiger partial charge in [-0.25, -0.2) is 0 Å². The lowest BCUT2D eigenvalue weighted by Gasteiger charge is -2.48. The van der Waals surface area contributed by atoms with Gasteiger partial charge in [-0.3, -0.25) is 4.79 Å². The highest BCUT2D eigenvalue weighted by atomic mass is 16.8. The third kappa shape index (κ3) is 23.5. The largest absolute Gasteiger partial charge is 0.394 e. The molecule has 0 aromatic rings. The standard InChI is InChI=1S/C55H93NO18/c1-3-5-7-9-11-13-14-15-16-17-18-19-20-21-22-23-24-25-27-29-31-33-43(61)56-38(39(60)32-30-28-26-12-10-8-6-4-2)37-69-53-49(67)46(64)51(41(35-58)71-53)74-55-50(68)47(65)52(42(36-59)72-55)73-54-48(66)45(63)44(62)40(34-57)70-54/h5,7,11,13,15-16,18-19,21-22,24-25,38-42,44-55,57-60,62-68H,3-4,6,8-10,12,14,17,20,23,26-37H2,1-2H3,(H,56,61)/b7-5-,13-11-,16-15-,19-18-,22-21-,25-24-. The highest BCUT2D eigenvalue weighted by molar-refractivity contribution is 5.76. The smallest absolute Gasteiger partial charge is 0.220 e. The Morgan fingerprint density at radius 3 is 1.43 bits per heavy atom. The maximum atomic E-state index is 13.2. The molecule has 1 amide bonds. The third-order valence-electron chi connectivity index (χ3n) is 13.3. The summed E-state index contributed by atoms with van der Waals surface area (Å²) >= 11 is 0. The van der Waals surface area contributed by atoms with Crippen LogP contribution in [0, 0.1) is 0 Å². The Labute approximate surface area is 438 Å². The second kappa shape index (κ2) is 38.7. The van der Waals surface area contributed by atoms with Crippen molar-refractivity contribution >= 4 is 5.91 Å². The second-order valence-corrected chi connectivity index (χ2v) is 19.3. The minimum Gasteiger partial charge on any atom is -0.394 e. The van der Waals surface area contributed by atoms with Gasteiger partial charge in [0.25, 0.3) is 0 Å². The first-order valence-corrected chi connectivity index (χ1v) is 27.2. The summed E-state index contributed by atoms with van der Waals surface area (Å²) in [6.07, 6.45) is 16.0. The number of aliphatic hydroxyl groups excluding tert-OH is 11. The number of carbonyl (C=O) groups is 1. The van der Waals surface area contributed by atoms with Gasteiger partial charge in [0.2, 0.25) is 5.91 Å². The van der Waals surface area contributed by atoms with E-state index in [0.717, 1.165) is 83.5 Å². The van der Waals surface area contributed by atoms with Crippen LogP contribution in [0.4, 0.5) is 0 Å². The van der Waals surface area contributed by atoms with Crippen LogP contribution in [0.2, 0.25) is 0 Å². The summed E-state index contributed by atoms with van der Waals surface area (Å²) in [4.78, 5) is 13.2. The molecule has 0 spiro atoms. The van der Waals surface area contributed by atoms with E-state index in [2.05, 4.69) is 92.1 Å². The molecule has 17 atom stereocenters. The molecule has 3 fully saturated rings. The fourth-order valence-corrected chi connectivity index (χ4v) is 8.78. The lowest BCUT2D eigenvalue weighted by molar-refractivity contribution is -0.379. The molecule has 0 aliphatic carbocycles. The van der Waals surface area contributed by atoms with E-state index in [-0.39, 0.29) is 18.9 Å². The summed E-state index contributed by atoms with van der Waals surface area (Å²) in [6, 6.07) is -0.911. The van der Waals surface area contributed by atoms with Gasteiger partial charge < -0.3 is 89.9 Å². The SMILES string of the molecule is CC/C=C\C/C=C\C/C=C\C/C=C\C/C=C\C/C=C\CCCCC(=O)NC(COC1OC(CO)C(OC2OC(CO)C(OC3OC(CO)C(O)C(O)C3O)C(O)C2O)C(O)C1O)C(O)CCCCCCCCCC. The van der Waals surface area contributed by atoms with Crippen LogP contribution in [-0.2, 0) is 33.2 Å². The van der Waals surface area contributed by atoms with Gasteiger partial charge in [0.1, 0.15) is 73.2 Å². The van der Waals surface area contributed by atoms with Gasteiger partial charge in [0, 0.05) is 6.42 Å². The van der Waals surface area contributed by atoms with E-state index in [4.69, 9.17) is 28.4 Å². The number of ether oxygens (including phenoxy) is 6. The van der Waals surface area contributed by atoms with E-state index in [1.165, 1.54) is 12.8 Å². The molecule has 12 N–H and O–H groups in total. The van der Waals surface area contributed by atoms with Crippen LogP contribution in [0.15, 0.2) is 72.9 Å². The predicted octanol–water partition coefficient (Wildman–Crippen LogP) is 3.09. The molecular weight excluding hydrogens is 963 g/mol. The maximum absolute atomic E-state index is 13.2. The normalized spacial score (nSPS) is 32.0. The van der Waals surface area contributed by atoms with Crippen molar-refractivity contribution in [3.8, 4) is 0 Å². The lowest BCUT2D eigenvalue weighted by atomic mass is 9.96. The molecule has 3 rings (SSSR count). The van der Waals surface area contributed by atoms with Gasteiger partial charge in [0.05, 0.1) is 38.6 Å². The van der Waals surface area contributed by atoms with Crippen LogP contribution in [-0.4, -0.2) is 193 Å². The summed E-state index contributed by atoms with van der Waals surface area (Å²) in [5, 5.41) is 120. The van der Waals surface area contributed by atoms with Crippen LogP contribution in [0.5, 0.6) is 0 Å². The number of unbranched alkanes of at least 4 members (excludes halogenated alkanes) is 9. The molecule has 3 heterocycles. The molecule has 19 heteroatoms. The van der Waals surface area contributed by atoms with E-state index < -0.39 is 124 Å². The number of hydrogen-bond acceptors (Lipinski definition) is 18. The first kappa shape index (κ1) is 65.5. The quantitative estimate of drug-likeness (QED) is 0.0314. The molecule has 3 aliphatic heterocycles. The van der Waals surface area contributed by atoms with Crippen LogP contribution in [0.1, 0.15) is 136 Å². The summed E-state index contributed by atoms with van der Waals surface area (Å²) < 4.78 is 34.1. The molecule has 17 unspecified atom stereocenters. The Bertz CT molecular complexity index is 1640. The van der Waals surface area contributed by atoms with Crippen molar-refractivity contribution in [1.29, 1.82) is 0 Å². The van der Waals surface area contributed by atoms with E-state index in [9.17, 15) is 61.0 Å². The van der Waals surface area contributed by atoms with Gasteiger partial charge in [-0.1, -0.05) is 138 Å². The van der Waals surface area contributed by atoms with Crippen LogP contribution < -0.4 is 5.32 Å². The van der Waals surface area contributed by atoms with Crippen LogP contribution in [0.25, 0.3) is 0 Å². The molecule has 19 nitrogen and oxygen atoms in total. The zero-order valence-electron chi connectivity index (χ0n) is 43.8. The Hall–Kier alpha value is -2.77. The van der Waals surface area contributed by atoms with Gasteiger partial charge in [0.15, 0.2) is 18.9 Å². The molecule has 0 radical (unpaired) electrons. The maximum Gasteiger partial charge on any atom is 0.220 e. The number of carbonyl (C=O) groups excluding carboxylic acids is 1. The van der Waals surface area contributed by atoms with E-state index in [1.807, 2.05) is 0 Å². The summed E-state index contributed by atoms with van der Waals surface area (Å²) in [5.74, 6) is -0.293. The molecule has 0 aromatic heterocycles. The minimum absolute atomic E-state index is 0.206. The van der Waals surface area contributed by atoms with Crippen molar-refractivity contribution in [2.45, 2.75) is 240 Å². The minimum atomic E-state index is -1.98. The molecule has 74 heavy (non-hydrogen) atoms. The Balaban J connectivity index is 1.50.